The van der Waals surface area contributed by atoms with Gasteiger partial charge in [-0.05, 0) is 107 Å². The van der Waals surface area contributed by atoms with Crippen LogP contribution in [-0.2, 0) is 12.8 Å². The van der Waals surface area contributed by atoms with Gasteiger partial charge in [0.15, 0.2) is 0 Å². The van der Waals surface area contributed by atoms with Crippen molar-refractivity contribution in [1.82, 2.24) is 9.13 Å². The predicted molar refractivity (Wildman–Crippen MR) is 179 cm³/mol. The minimum atomic E-state index is 1.06. The molecule has 0 spiro atoms. The second-order valence-electron chi connectivity index (χ2n) is 11.3. The van der Waals surface area contributed by atoms with Crippen LogP contribution in [0.2, 0.25) is 0 Å². The third kappa shape index (κ3) is 4.73. The first-order valence-corrected chi connectivity index (χ1v) is 15.2. The van der Waals surface area contributed by atoms with Crippen molar-refractivity contribution >= 4 is 21.8 Å². The highest BCUT2D eigenvalue weighted by Crippen LogP contribution is 2.37. The summed E-state index contributed by atoms with van der Waals surface area (Å²) in [5, 5.41) is 2.54. The zero-order chi connectivity index (χ0) is 28.5. The molecule has 2 heterocycles. The van der Waals surface area contributed by atoms with Crippen LogP contribution in [0, 0.1) is 0 Å². The zero-order valence-corrected chi connectivity index (χ0v) is 24.4. The summed E-state index contributed by atoms with van der Waals surface area (Å²) < 4.78 is 4.55. The number of rotatable bonds is 8. The van der Waals surface area contributed by atoms with E-state index in [2.05, 4.69) is 157 Å². The Bertz CT molecular complexity index is 1840. The first-order valence-electron chi connectivity index (χ1n) is 15.2. The van der Waals surface area contributed by atoms with Crippen LogP contribution in [0.5, 0.6) is 0 Å². The van der Waals surface area contributed by atoms with Crippen LogP contribution in [0.3, 0.4) is 0 Å². The molecule has 0 bridgehead atoms. The maximum atomic E-state index is 2.48. The van der Waals surface area contributed by atoms with E-state index >= 15 is 0 Å². The second-order valence-corrected chi connectivity index (χ2v) is 11.3. The van der Waals surface area contributed by atoms with Gasteiger partial charge in [0, 0.05) is 34.5 Å². The monoisotopic (exact) mass is 544 g/mol. The van der Waals surface area contributed by atoms with Crippen LogP contribution in [-0.4, -0.2) is 9.13 Å². The van der Waals surface area contributed by atoms with Gasteiger partial charge in [-0.25, -0.2) is 0 Å². The lowest BCUT2D eigenvalue weighted by atomic mass is 9.87. The average molecular weight is 545 g/mol. The summed E-state index contributed by atoms with van der Waals surface area (Å²) in [6.07, 6.45) is 8.72. The Labute approximate surface area is 248 Å². The summed E-state index contributed by atoms with van der Waals surface area (Å²) in [6, 6.07) is 44.6. The lowest BCUT2D eigenvalue weighted by molar-refractivity contribution is 0.907. The van der Waals surface area contributed by atoms with E-state index < -0.39 is 0 Å². The molecule has 7 rings (SSSR count). The number of nitrogens with zero attached hydrogens (tertiary/aromatic N) is 2. The first-order chi connectivity index (χ1) is 20.7. The molecule has 2 aromatic heterocycles. The normalized spacial score (nSPS) is 11.5. The van der Waals surface area contributed by atoms with E-state index in [0.717, 1.165) is 25.7 Å². The van der Waals surface area contributed by atoms with Crippen molar-refractivity contribution in [2.75, 3.05) is 0 Å². The SMILES string of the molecule is CCCc1cc(-c2ccc3c(ccn3-c3ccccc3)c2)c(CCC)cc1-c1ccc2c(ccn2-c2ccccc2)c1. The number of fused-ring (bicyclic) bond motifs is 2. The summed E-state index contributed by atoms with van der Waals surface area (Å²) in [7, 11) is 0. The lowest BCUT2D eigenvalue weighted by Gasteiger charge is -2.18. The quantitative estimate of drug-likeness (QED) is 0.180. The van der Waals surface area contributed by atoms with Crippen molar-refractivity contribution in [2.45, 2.75) is 39.5 Å². The Hall–Kier alpha value is -4.82. The van der Waals surface area contributed by atoms with Crippen molar-refractivity contribution < 1.29 is 0 Å². The maximum absolute atomic E-state index is 2.48. The van der Waals surface area contributed by atoms with E-state index in [9.17, 15) is 0 Å². The van der Waals surface area contributed by atoms with Crippen molar-refractivity contribution in [3.63, 3.8) is 0 Å². The van der Waals surface area contributed by atoms with Gasteiger partial charge < -0.3 is 9.13 Å². The van der Waals surface area contributed by atoms with E-state index in [1.165, 1.54) is 66.6 Å². The first kappa shape index (κ1) is 26.1. The van der Waals surface area contributed by atoms with Crippen molar-refractivity contribution in [3.8, 4) is 33.6 Å². The van der Waals surface area contributed by atoms with Gasteiger partial charge >= 0.3 is 0 Å². The van der Waals surface area contributed by atoms with E-state index in [0.29, 0.717) is 0 Å². The highest BCUT2D eigenvalue weighted by atomic mass is 15.0. The predicted octanol–water partition coefficient (Wildman–Crippen LogP) is 10.8. The summed E-state index contributed by atoms with van der Waals surface area (Å²) in [6.45, 7) is 4.57. The van der Waals surface area contributed by atoms with Crippen molar-refractivity contribution in [3.05, 3.63) is 145 Å². The third-order valence-corrected chi connectivity index (χ3v) is 8.44. The molecule has 42 heavy (non-hydrogen) atoms. The minimum absolute atomic E-state index is 1.06. The average Bonchev–Trinajstić information content (AvgIpc) is 3.66. The molecule has 0 radical (unpaired) electrons. The van der Waals surface area contributed by atoms with Gasteiger partial charge in [0.1, 0.15) is 0 Å². The van der Waals surface area contributed by atoms with Gasteiger partial charge in [0.05, 0.1) is 11.0 Å². The van der Waals surface area contributed by atoms with Gasteiger partial charge in [0.2, 0.25) is 0 Å². The third-order valence-electron chi connectivity index (χ3n) is 8.44. The molecule has 0 unspecified atom stereocenters. The summed E-state index contributed by atoms with van der Waals surface area (Å²) in [4.78, 5) is 0. The second kappa shape index (κ2) is 11.2. The number of hydrogen-bond donors (Lipinski definition) is 0. The van der Waals surface area contributed by atoms with Crippen LogP contribution in [0.25, 0.3) is 55.4 Å². The number of para-hydroxylation sites is 2. The van der Waals surface area contributed by atoms with Gasteiger partial charge in [-0.1, -0.05) is 87.4 Å². The Morgan fingerprint density at radius 2 is 0.881 bits per heavy atom. The number of aryl methyl sites for hydroxylation is 2. The fraction of sp³-hybridized carbons (Fsp3) is 0.150. The molecule has 5 aromatic carbocycles. The number of benzene rings is 5. The van der Waals surface area contributed by atoms with Crippen LogP contribution in [0.4, 0.5) is 0 Å². The standard InChI is InChI=1S/C40H36N2/c1-3-11-29-27-38(32-18-20-40-34(26-32)22-24-42(40)36-15-9-6-10-16-36)30(12-4-2)28-37(29)31-17-19-39-33(25-31)21-23-41(39)35-13-7-5-8-14-35/h5-10,13-28H,3-4,11-12H2,1-2H3. The maximum Gasteiger partial charge on any atom is 0.0528 e. The molecule has 0 aliphatic heterocycles. The molecule has 0 N–H and O–H groups in total. The molecule has 0 saturated heterocycles. The molecule has 0 fully saturated rings. The van der Waals surface area contributed by atoms with Crippen molar-refractivity contribution in [1.29, 1.82) is 0 Å². The van der Waals surface area contributed by atoms with Gasteiger partial charge in [-0.15, -0.1) is 0 Å². The fourth-order valence-corrected chi connectivity index (χ4v) is 6.43. The molecular weight excluding hydrogens is 508 g/mol. The molecule has 206 valence electrons. The Morgan fingerprint density at radius 1 is 0.452 bits per heavy atom. The van der Waals surface area contributed by atoms with Gasteiger partial charge in [-0.2, -0.15) is 0 Å². The molecular formula is C40H36N2. The molecule has 0 saturated carbocycles. The smallest absolute Gasteiger partial charge is 0.0528 e. The highest BCUT2D eigenvalue weighted by molar-refractivity contribution is 5.90. The summed E-state index contributed by atoms with van der Waals surface area (Å²) >= 11 is 0. The van der Waals surface area contributed by atoms with E-state index in [1.807, 2.05) is 0 Å². The largest absolute Gasteiger partial charge is 0.317 e. The van der Waals surface area contributed by atoms with Gasteiger partial charge in [0.25, 0.3) is 0 Å². The molecule has 2 nitrogen and oxygen atoms in total. The molecule has 7 aromatic rings. The topological polar surface area (TPSA) is 9.86 Å². The molecule has 0 atom stereocenters. The zero-order valence-electron chi connectivity index (χ0n) is 24.4. The highest BCUT2D eigenvalue weighted by Gasteiger charge is 2.15. The van der Waals surface area contributed by atoms with Crippen LogP contribution in [0.15, 0.2) is 134 Å². The fourth-order valence-electron chi connectivity index (χ4n) is 6.43. The Balaban J connectivity index is 1.32. The number of hydrogen-bond acceptors (Lipinski definition) is 0. The van der Waals surface area contributed by atoms with E-state index in [1.54, 1.807) is 0 Å². The number of aromatic nitrogens is 2. The van der Waals surface area contributed by atoms with Crippen molar-refractivity contribution in [2.24, 2.45) is 0 Å². The Morgan fingerprint density at radius 3 is 1.29 bits per heavy atom. The molecule has 0 aliphatic rings. The summed E-state index contributed by atoms with van der Waals surface area (Å²) in [5.41, 5.74) is 13.1. The Kier molecular flexibility index (Phi) is 6.97. The summed E-state index contributed by atoms with van der Waals surface area (Å²) in [5.74, 6) is 0. The minimum Gasteiger partial charge on any atom is -0.317 e. The lowest BCUT2D eigenvalue weighted by Crippen LogP contribution is -1.98. The molecule has 2 heteroatoms. The van der Waals surface area contributed by atoms with Crippen LogP contribution >= 0.6 is 0 Å². The van der Waals surface area contributed by atoms with E-state index in [-0.39, 0.29) is 0 Å². The molecule has 0 amide bonds. The van der Waals surface area contributed by atoms with Gasteiger partial charge in [-0.3, -0.25) is 0 Å². The van der Waals surface area contributed by atoms with E-state index in [4.69, 9.17) is 0 Å². The molecule has 0 aliphatic carbocycles. The van der Waals surface area contributed by atoms with Crippen LogP contribution < -0.4 is 0 Å². The van der Waals surface area contributed by atoms with Crippen LogP contribution in [0.1, 0.15) is 37.8 Å².